The van der Waals surface area contributed by atoms with Crippen LogP contribution in [0.5, 0.6) is 5.75 Å². The Hall–Kier alpha value is -1.91. The van der Waals surface area contributed by atoms with Gasteiger partial charge < -0.3 is 35.6 Å². The van der Waals surface area contributed by atoms with Crippen LogP contribution < -0.4 is 10.1 Å². The summed E-state index contributed by atoms with van der Waals surface area (Å²) < 4.78 is 5.52. The quantitative estimate of drug-likeness (QED) is 0.292. The number of aliphatic hydroxyl groups excluding tert-OH is 4. The Bertz CT molecular complexity index is 997. The molecule has 4 atom stereocenters. The molecule has 1 saturated carbocycles. The van der Waals surface area contributed by atoms with E-state index >= 15 is 0 Å². The van der Waals surface area contributed by atoms with Crippen molar-refractivity contribution in [2.75, 3.05) is 13.2 Å². The van der Waals surface area contributed by atoms with E-state index in [1.54, 1.807) is 36.4 Å². The van der Waals surface area contributed by atoms with Gasteiger partial charge in [-0.3, -0.25) is 4.79 Å². The van der Waals surface area contributed by atoms with Crippen molar-refractivity contribution in [3.63, 3.8) is 0 Å². The van der Waals surface area contributed by atoms with Gasteiger partial charge in [0.25, 0.3) is 5.91 Å². The highest BCUT2D eigenvalue weighted by atomic mass is 35.5. The molecule has 0 saturated heterocycles. The number of benzene rings is 2. The molecule has 3 rings (SSSR count). The lowest BCUT2D eigenvalue weighted by atomic mass is 9.93. The molecule has 0 aromatic heterocycles. The molecule has 6 N–H and O–H groups in total. The van der Waals surface area contributed by atoms with E-state index in [9.17, 15) is 25.2 Å². The number of hydrogen-bond donors (Lipinski definition) is 6. The predicted octanol–water partition coefficient (Wildman–Crippen LogP) is 1.76. The summed E-state index contributed by atoms with van der Waals surface area (Å²) in [5.74, 6) is 0.0123. The second kappa shape index (κ2) is 10.6. The molecule has 10 heteroatoms. The van der Waals surface area contributed by atoms with Crippen molar-refractivity contribution in [2.45, 2.75) is 49.7 Å². The third-order valence-corrected chi connectivity index (χ3v) is 6.06. The van der Waals surface area contributed by atoms with E-state index in [0.717, 1.165) is 24.0 Å². The number of carbonyl (C=O) groups excluding carboxylic acids is 1. The zero-order chi connectivity index (χ0) is 24.3. The third-order valence-electron chi connectivity index (χ3n) is 5.45. The fourth-order valence-corrected chi connectivity index (χ4v) is 3.66. The Morgan fingerprint density at radius 3 is 2.27 bits per heavy atom. The van der Waals surface area contributed by atoms with Crippen LogP contribution in [0.1, 0.15) is 30.1 Å². The zero-order valence-electron chi connectivity index (χ0n) is 17.9. The monoisotopic (exact) mass is 499 g/mol. The van der Waals surface area contributed by atoms with Crippen molar-refractivity contribution in [3.8, 4) is 16.9 Å². The van der Waals surface area contributed by atoms with Gasteiger partial charge >= 0.3 is 0 Å². The molecule has 4 unspecified atom stereocenters. The lowest BCUT2D eigenvalue weighted by molar-refractivity contribution is -0.161. The van der Waals surface area contributed by atoms with Gasteiger partial charge in [-0.25, -0.2) is 0 Å². The highest BCUT2D eigenvalue weighted by Gasteiger charge is 2.39. The van der Waals surface area contributed by atoms with Crippen LogP contribution in [0.3, 0.4) is 0 Å². The largest absolute Gasteiger partial charge is 0.489 e. The molecule has 1 fully saturated rings. The van der Waals surface area contributed by atoms with Crippen LogP contribution in [-0.4, -0.2) is 74.6 Å². The fourth-order valence-electron chi connectivity index (χ4n) is 3.16. The Morgan fingerprint density at radius 2 is 1.73 bits per heavy atom. The molecule has 0 aliphatic heterocycles. The second-order valence-corrected chi connectivity index (χ2v) is 9.23. The van der Waals surface area contributed by atoms with E-state index < -0.39 is 37.1 Å². The number of halogens is 2. The molecule has 33 heavy (non-hydrogen) atoms. The summed E-state index contributed by atoms with van der Waals surface area (Å²) in [5.41, 5.74) is -0.0913. The van der Waals surface area contributed by atoms with Crippen LogP contribution in [0, 0.1) is 0 Å². The van der Waals surface area contributed by atoms with Crippen molar-refractivity contribution in [3.05, 3.63) is 52.0 Å². The van der Waals surface area contributed by atoms with Gasteiger partial charge in [0.1, 0.15) is 36.3 Å². The maximum absolute atomic E-state index is 12.2. The van der Waals surface area contributed by atoms with Crippen molar-refractivity contribution < 1.29 is 35.1 Å². The Balaban J connectivity index is 1.68. The topological polar surface area (TPSA) is 139 Å². The minimum absolute atomic E-state index is 0.207. The maximum atomic E-state index is 12.2. The van der Waals surface area contributed by atoms with Crippen LogP contribution in [0.25, 0.3) is 11.1 Å². The lowest BCUT2D eigenvalue weighted by Crippen LogP contribution is -2.54. The van der Waals surface area contributed by atoms with Gasteiger partial charge in [0, 0.05) is 6.04 Å². The molecule has 180 valence electrons. The average molecular weight is 500 g/mol. The van der Waals surface area contributed by atoms with Crippen molar-refractivity contribution in [2.24, 2.45) is 0 Å². The van der Waals surface area contributed by atoms with E-state index in [1.165, 1.54) is 6.92 Å². The molecular weight excluding hydrogens is 473 g/mol. The van der Waals surface area contributed by atoms with Crippen LogP contribution >= 0.6 is 23.2 Å². The smallest absolute Gasteiger partial charge is 0.253 e. The Kier molecular flexibility index (Phi) is 8.23. The first-order chi connectivity index (χ1) is 15.5. The van der Waals surface area contributed by atoms with Gasteiger partial charge in [-0.2, -0.15) is 0 Å². The van der Waals surface area contributed by atoms with Crippen molar-refractivity contribution in [1.29, 1.82) is 0 Å². The predicted molar refractivity (Wildman–Crippen MR) is 124 cm³/mol. The number of ether oxygens (including phenoxy) is 1. The molecule has 1 amide bonds. The molecule has 1 aliphatic rings. The maximum Gasteiger partial charge on any atom is 0.253 e. The number of aliphatic hydroxyl groups is 5. The van der Waals surface area contributed by atoms with Gasteiger partial charge in [0.2, 0.25) is 0 Å². The minimum atomic E-state index is -1.94. The van der Waals surface area contributed by atoms with Gasteiger partial charge in [0.05, 0.1) is 22.2 Å². The molecule has 0 heterocycles. The van der Waals surface area contributed by atoms with Crippen LogP contribution in [0.4, 0.5) is 0 Å². The van der Waals surface area contributed by atoms with E-state index in [4.69, 9.17) is 33.0 Å². The van der Waals surface area contributed by atoms with Crippen molar-refractivity contribution in [1.82, 2.24) is 5.32 Å². The molecule has 1 aliphatic carbocycles. The molecule has 2 aromatic carbocycles. The van der Waals surface area contributed by atoms with E-state index in [1.807, 2.05) is 0 Å². The van der Waals surface area contributed by atoms with E-state index in [2.05, 4.69) is 5.32 Å². The van der Waals surface area contributed by atoms with Gasteiger partial charge in [-0.05, 0) is 55.2 Å². The standard InChI is InChI=1S/C23H27Cl2NO7/c1-23(32,21(30)20(29)18(28)10-27)11-33-19-7-3-13(9-17(19)25)12-2-6-15(16(24)8-12)22(31)26-14-4-5-14/h2-3,6-9,14,18,20-21,27-30,32H,4-5,10-11H2,1H3,(H,26,31). The summed E-state index contributed by atoms with van der Waals surface area (Å²) in [6.45, 7) is -0.00606. The molecule has 0 radical (unpaired) electrons. The third kappa shape index (κ3) is 6.36. The van der Waals surface area contributed by atoms with E-state index in [0.29, 0.717) is 10.6 Å². The molecular formula is C23H27Cl2NO7. The Labute approximate surface area is 201 Å². The average Bonchev–Trinajstić information content (AvgIpc) is 3.60. The van der Waals surface area contributed by atoms with Crippen LogP contribution in [-0.2, 0) is 0 Å². The summed E-state index contributed by atoms with van der Waals surface area (Å²) in [7, 11) is 0. The van der Waals surface area contributed by atoms with Crippen LogP contribution in [0.2, 0.25) is 10.0 Å². The fraction of sp³-hybridized carbons (Fsp3) is 0.435. The van der Waals surface area contributed by atoms with Gasteiger partial charge in [0.15, 0.2) is 0 Å². The zero-order valence-corrected chi connectivity index (χ0v) is 19.4. The lowest BCUT2D eigenvalue weighted by Gasteiger charge is -2.33. The number of hydrogen-bond acceptors (Lipinski definition) is 7. The molecule has 0 bridgehead atoms. The summed E-state index contributed by atoms with van der Waals surface area (Å²) >= 11 is 12.6. The SMILES string of the molecule is CC(O)(COc1ccc(-c2ccc(C(=O)NC3CC3)c(Cl)c2)cc1Cl)C(O)C(O)C(O)CO. The molecule has 2 aromatic rings. The van der Waals surface area contributed by atoms with Gasteiger partial charge in [-0.15, -0.1) is 0 Å². The highest BCUT2D eigenvalue weighted by molar-refractivity contribution is 6.34. The summed E-state index contributed by atoms with van der Waals surface area (Å²) in [6, 6.07) is 10.2. The number of rotatable bonds is 10. The molecule has 8 nitrogen and oxygen atoms in total. The summed E-state index contributed by atoms with van der Waals surface area (Å²) in [6.07, 6.45) is -3.21. The number of carbonyl (C=O) groups is 1. The first-order valence-electron chi connectivity index (χ1n) is 10.4. The minimum Gasteiger partial charge on any atom is -0.489 e. The van der Waals surface area contributed by atoms with Crippen LogP contribution in [0.15, 0.2) is 36.4 Å². The number of nitrogens with one attached hydrogen (secondary N) is 1. The normalized spacial score (nSPS) is 18.2. The summed E-state index contributed by atoms with van der Waals surface area (Å²) in [5, 5.41) is 52.2. The van der Waals surface area contributed by atoms with E-state index in [-0.39, 0.29) is 22.7 Å². The second-order valence-electron chi connectivity index (χ2n) is 8.42. The Morgan fingerprint density at radius 1 is 1.12 bits per heavy atom. The highest BCUT2D eigenvalue weighted by Crippen LogP contribution is 2.33. The summed E-state index contributed by atoms with van der Waals surface area (Å²) in [4.78, 5) is 12.2. The first-order valence-corrected chi connectivity index (χ1v) is 11.2. The van der Waals surface area contributed by atoms with Crippen molar-refractivity contribution >= 4 is 29.1 Å². The first kappa shape index (κ1) is 25.7. The van der Waals surface area contributed by atoms with Gasteiger partial charge in [-0.1, -0.05) is 35.3 Å². The molecule has 0 spiro atoms. The number of amides is 1.